The second-order valence-corrected chi connectivity index (χ2v) is 4.75. The molecule has 0 spiro atoms. The van der Waals surface area contributed by atoms with E-state index in [0.29, 0.717) is 16.3 Å². The Hall–Kier alpha value is -1.88. The minimum absolute atomic E-state index is 0.0583. The average molecular weight is 301 g/mol. The van der Waals surface area contributed by atoms with Crippen LogP contribution in [0.3, 0.4) is 0 Å². The molecule has 2 aromatic rings. The summed E-state index contributed by atoms with van der Waals surface area (Å²) in [6, 6.07) is 8.63. The van der Waals surface area contributed by atoms with Crippen LogP contribution in [0.4, 0.5) is 30.2 Å². The molecule has 0 aliphatic rings. The molecule has 0 aliphatic carbocycles. The van der Waals surface area contributed by atoms with Gasteiger partial charge in [-0.25, -0.2) is 0 Å². The lowest BCUT2D eigenvalue weighted by Crippen LogP contribution is -2.10. The Morgan fingerprint density at radius 3 is 2.45 bits per heavy atom. The molecule has 6 heteroatoms. The van der Waals surface area contributed by atoms with Crippen molar-refractivity contribution in [3.8, 4) is 0 Å². The number of benzene rings is 2. The first kappa shape index (κ1) is 14.5. The van der Waals surface area contributed by atoms with Crippen molar-refractivity contribution in [3.05, 3.63) is 52.5 Å². The number of hydrogen-bond acceptors (Lipinski definition) is 2. The molecule has 2 nitrogen and oxygen atoms in total. The van der Waals surface area contributed by atoms with Crippen molar-refractivity contribution in [1.82, 2.24) is 0 Å². The standard InChI is InChI=1S/C14H12ClF3N2/c1-8-11(15)3-2-4-12(8)20-13-6-5-9(19)7-10(13)14(16,17)18/h2-7,20H,19H2,1H3. The van der Waals surface area contributed by atoms with Crippen molar-refractivity contribution < 1.29 is 13.2 Å². The Morgan fingerprint density at radius 2 is 1.80 bits per heavy atom. The highest BCUT2D eigenvalue weighted by Gasteiger charge is 2.33. The highest BCUT2D eigenvalue weighted by molar-refractivity contribution is 6.31. The molecule has 0 unspecified atom stereocenters. The zero-order chi connectivity index (χ0) is 14.9. The minimum atomic E-state index is -4.48. The fourth-order valence-electron chi connectivity index (χ4n) is 1.79. The van der Waals surface area contributed by atoms with Gasteiger partial charge >= 0.3 is 6.18 Å². The molecule has 2 aromatic carbocycles. The van der Waals surface area contributed by atoms with E-state index in [-0.39, 0.29) is 11.4 Å². The molecule has 106 valence electrons. The molecule has 0 aromatic heterocycles. The van der Waals surface area contributed by atoms with Crippen LogP contribution >= 0.6 is 11.6 Å². The zero-order valence-electron chi connectivity index (χ0n) is 10.6. The van der Waals surface area contributed by atoms with Crippen molar-refractivity contribution in [2.24, 2.45) is 0 Å². The van der Waals surface area contributed by atoms with E-state index in [1.807, 2.05) is 0 Å². The lowest BCUT2D eigenvalue weighted by atomic mass is 10.1. The maximum Gasteiger partial charge on any atom is 0.418 e. The van der Waals surface area contributed by atoms with Crippen molar-refractivity contribution in [2.45, 2.75) is 13.1 Å². The Morgan fingerprint density at radius 1 is 1.10 bits per heavy atom. The first-order chi connectivity index (χ1) is 9.29. The summed E-state index contributed by atoms with van der Waals surface area (Å²) < 4.78 is 39.0. The number of halogens is 4. The number of alkyl halides is 3. The number of hydrogen-bond donors (Lipinski definition) is 2. The molecule has 0 fully saturated rings. The van der Waals surface area contributed by atoms with Gasteiger partial charge in [-0.1, -0.05) is 17.7 Å². The monoisotopic (exact) mass is 300 g/mol. The third-order valence-electron chi connectivity index (χ3n) is 2.89. The molecule has 0 heterocycles. The Balaban J connectivity index is 2.46. The number of anilines is 3. The molecule has 0 amide bonds. The van der Waals surface area contributed by atoms with Gasteiger partial charge in [0.25, 0.3) is 0 Å². The van der Waals surface area contributed by atoms with Gasteiger partial charge < -0.3 is 11.1 Å². The first-order valence-corrected chi connectivity index (χ1v) is 6.15. The summed E-state index contributed by atoms with van der Waals surface area (Å²) in [6.07, 6.45) is -4.48. The first-order valence-electron chi connectivity index (χ1n) is 5.78. The lowest BCUT2D eigenvalue weighted by Gasteiger charge is -2.16. The fraction of sp³-hybridized carbons (Fsp3) is 0.143. The Labute approximate surface area is 119 Å². The van der Waals surface area contributed by atoms with E-state index >= 15 is 0 Å². The van der Waals surface area contributed by atoms with Crippen LogP contribution in [0.2, 0.25) is 5.02 Å². The second-order valence-electron chi connectivity index (χ2n) is 4.34. The largest absolute Gasteiger partial charge is 0.418 e. The predicted octanol–water partition coefficient (Wildman–Crippen LogP) is 4.99. The van der Waals surface area contributed by atoms with Crippen molar-refractivity contribution >= 4 is 28.7 Å². The maximum absolute atomic E-state index is 13.0. The van der Waals surface area contributed by atoms with E-state index in [9.17, 15) is 13.2 Å². The Kier molecular flexibility index (Phi) is 3.81. The van der Waals surface area contributed by atoms with Gasteiger partial charge in [-0.3, -0.25) is 0 Å². The van der Waals surface area contributed by atoms with Crippen LogP contribution < -0.4 is 11.1 Å². The number of nitrogens with one attached hydrogen (secondary N) is 1. The third-order valence-corrected chi connectivity index (χ3v) is 3.30. The van der Waals surface area contributed by atoms with Crippen molar-refractivity contribution in [2.75, 3.05) is 11.1 Å². The van der Waals surface area contributed by atoms with E-state index in [4.69, 9.17) is 17.3 Å². The lowest BCUT2D eigenvalue weighted by molar-refractivity contribution is -0.136. The highest BCUT2D eigenvalue weighted by atomic mass is 35.5. The maximum atomic E-state index is 13.0. The van der Waals surface area contributed by atoms with Gasteiger partial charge in [0, 0.05) is 16.4 Å². The molecular weight excluding hydrogens is 289 g/mol. The molecule has 2 rings (SSSR count). The topological polar surface area (TPSA) is 38.0 Å². The van der Waals surface area contributed by atoms with Crippen LogP contribution in [0.25, 0.3) is 0 Å². The third kappa shape index (κ3) is 2.99. The summed E-state index contributed by atoms with van der Waals surface area (Å²) in [4.78, 5) is 0. The van der Waals surface area contributed by atoms with Crippen LogP contribution in [0.5, 0.6) is 0 Å². The van der Waals surface area contributed by atoms with E-state index in [1.54, 1.807) is 25.1 Å². The zero-order valence-corrected chi connectivity index (χ0v) is 11.3. The molecular formula is C14H12ClF3N2. The average Bonchev–Trinajstić information content (AvgIpc) is 2.36. The van der Waals surface area contributed by atoms with Gasteiger partial charge in [0.2, 0.25) is 0 Å². The summed E-state index contributed by atoms with van der Waals surface area (Å²) in [6.45, 7) is 1.73. The second kappa shape index (κ2) is 5.25. The Bertz CT molecular complexity index is 639. The summed E-state index contributed by atoms with van der Waals surface area (Å²) in [7, 11) is 0. The molecule has 0 bridgehead atoms. The van der Waals surface area contributed by atoms with Gasteiger partial charge in [0.15, 0.2) is 0 Å². The fourth-order valence-corrected chi connectivity index (χ4v) is 1.97. The summed E-state index contributed by atoms with van der Waals surface area (Å²) in [5.74, 6) is 0. The quantitative estimate of drug-likeness (QED) is 0.767. The van der Waals surface area contributed by atoms with Gasteiger partial charge in [-0.2, -0.15) is 13.2 Å². The van der Waals surface area contributed by atoms with Crippen molar-refractivity contribution in [3.63, 3.8) is 0 Å². The number of nitrogens with two attached hydrogens (primary N) is 1. The predicted molar refractivity (Wildman–Crippen MR) is 75.3 cm³/mol. The molecule has 20 heavy (non-hydrogen) atoms. The minimum Gasteiger partial charge on any atom is -0.399 e. The SMILES string of the molecule is Cc1c(Cl)cccc1Nc1ccc(N)cc1C(F)(F)F. The molecule has 0 radical (unpaired) electrons. The normalized spacial score (nSPS) is 11.4. The van der Waals surface area contributed by atoms with Crippen LogP contribution in [0, 0.1) is 6.92 Å². The summed E-state index contributed by atoms with van der Waals surface area (Å²) in [5, 5.41) is 3.24. The van der Waals surface area contributed by atoms with Gasteiger partial charge in [0.1, 0.15) is 0 Å². The summed E-state index contributed by atoms with van der Waals surface area (Å²) >= 11 is 5.95. The van der Waals surface area contributed by atoms with Crippen LogP contribution in [0.15, 0.2) is 36.4 Å². The molecule has 0 aliphatic heterocycles. The van der Waals surface area contributed by atoms with Crippen LogP contribution in [-0.2, 0) is 6.18 Å². The van der Waals surface area contributed by atoms with Crippen LogP contribution in [0.1, 0.15) is 11.1 Å². The van der Waals surface area contributed by atoms with Gasteiger partial charge in [-0.05, 0) is 42.8 Å². The smallest absolute Gasteiger partial charge is 0.399 e. The van der Waals surface area contributed by atoms with Crippen molar-refractivity contribution in [1.29, 1.82) is 0 Å². The van der Waals surface area contributed by atoms with Gasteiger partial charge in [0.05, 0.1) is 11.3 Å². The van der Waals surface area contributed by atoms with Crippen LogP contribution in [-0.4, -0.2) is 0 Å². The van der Waals surface area contributed by atoms with Gasteiger partial charge in [-0.15, -0.1) is 0 Å². The molecule has 0 saturated carbocycles. The molecule has 3 N–H and O–H groups in total. The number of rotatable bonds is 2. The van der Waals surface area contributed by atoms with E-state index in [0.717, 1.165) is 6.07 Å². The highest BCUT2D eigenvalue weighted by Crippen LogP contribution is 2.38. The molecule has 0 atom stereocenters. The van der Waals surface area contributed by atoms with E-state index in [1.165, 1.54) is 12.1 Å². The molecule has 0 saturated heterocycles. The van der Waals surface area contributed by atoms with E-state index in [2.05, 4.69) is 5.32 Å². The summed E-state index contributed by atoms with van der Waals surface area (Å²) in [5.41, 5.74) is 5.82. The van der Waals surface area contributed by atoms with E-state index < -0.39 is 11.7 Å². The number of nitrogen functional groups attached to an aromatic ring is 1.